The highest BCUT2D eigenvalue weighted by atomic mass is 16.3. The standard InChI is InChI=1S/2C6H7NO/c1-5-2-3-6(8)4-7-5;1-5-2-3-6(8)7-4-5/h2-4,8H,1H3;2-4H,1H3,(H,7,8). The van der Waals surface area contributed by atoms with Gasteiger partial charge in [-0.1, -0.05) is 6.07 Å². The number of aromatic hydroxyl groups is 1. The minimum atomic E-state index is -0.0457. The van der Waals surface area contributed by atoms with Gasteiger partial charge in [-0.3, -0.25) is 9.78 Å². The third-order valence-electron chi connectivity index (χ3n) is 1.84. The monoisotopic (exact) mass is 218 g/mol. The number of pyridine rings is 2. The predicted molar refractivity (Wildman–Crippen MR) is 62.4 cm³/mol. The molecule has 4 heteroatoms. The highest BCUT2D eigenvalue weighted by molar-refractivity contribution is 5.16. The fourth-order valence-corrected chi connectivity index (χ4v) is 0.948. The van der Waals surface area contributed by atoms with E-state index >= 15 is 0 Å². The van der Waals surface area contributed by atoms with Crippen molar-refractivity contribution in [3.05, 3.63) is 58.3 Å². The van der Waals surface area contributed by atoms with Gasteiger partial charge in [0.2, 0.25) is 5.56 Å². The van der Waals surface area contributed by atoms with Crippen molar-refractivity contribution in [2.45, 2.75) is 13.8 Å². The molecule has 0 fully saturated rings. The molecule has 2 N–H and O–H groups in total. The molecule has 2 aromatic heterocycles. The molecule has 2 aromatic rings. The van der Waals surface area contributed by atoms with E-state index in [1.807, 2.05) is 13.8 Å². The third-order valence-corrected chi connectivity index (χ3v) is 1.84. The molecule has 4 nitrogen and oxygen atoms in total. The minimum absolute atomic E-state index is 0.0457. The van der Waals surface area contributed by atoms with Crippen LogP contribution in [0.15, 0.2) is 41.5 Å². The molecule has 0 atom stereocenters. The van der Waals surface area contributed by atoms with Gasteiger partial charge in [0, 0.05) is 18.0 Å². The number of hydrogen-bond donors (Lipinski definition) is 2. The van der Waals surface area contributed by atoms with Gasteiger partial charge in [0.05, 0.1) is 6.20 Å². The molecule has 0 amide bonds. The van der Waals surface area contributed by atoms with Crippen LogP contribution < -0.4 is 5.56 Å². The van der Waals surface area contributed by atoms with E-state index in [0.717, 1.165) is 11.3 Å². The summed E-state index contributed by atoms with van der Waals surface area (Å²) in [5, 5.41) is 8.69. The van der Waals surface area contributed by atoms with Crippen molar-refractivity contribution >= 4 is 0 Å². The van der Waals surface area contributed by atoms with Crippen molar-refractivity contribution in [1.82, 2.24) is 9.97 Å². The van der Waals surface area contributed by atoms with Crippen LogP contribution in [0.4, 0.5) is 0 Å². The second-order valence-electron chi connectivity index (χ2n) is 3.39. The van der Waals surface area contributed by atoms with Gasteiger partial charge in [-0.05, 0) is 31.5 Å². The Morgan fingerprint density at radius 3 is 2.31 bits per heavy atom. The van der Waals surface area contributed by atoms with Gasteiger partial charge in [0.25, 0.3) is 0 Å². The fraction of sp³-hybridized carbons (Fsp3) is 0.167. The lowest BCUT2D eigenvalue weighted by Crippen LogP contribution is -2.00. The van der Waals surface area contributed by atoms with Gasteiger partial charge in [-0.25, -0.2) is 0 Å². The van der Waals surface area contributed by atoms with E-state index in [-0.39, 0.29) is 11.3 Å². The van der Waals surface area contributed by atoms with Gasteiger partial charge in [0.1, 0.15) is 5.75 Å². The number of hydrogen-bond acceptors (Lipinski definition) is 3. The summed E-state index contributed by atoms with van der Waals surface area (Å²) in [4.78, 5) is 16.7. The Labute approximate surface area is 93.6 Å². The summed E-state index contributed by atoms with van der Waals surface area (Å²) in [7, 11) is 0. The average molecular weight is 218 g/mol. The van der Waals surface area contributed by atoms with Gasteiger partial charge in [-0.2, -0.15) is 0 Å². The molecule has 84 valence electrons. The van der Waals surface area contributed by atoms with Gasteiger partial charge in [0.15, 0.2) is 0 Å². The Morgan fingerprint density at radius 2 is 1.94 bits per heavy atom. The Kier molecular flexibility index (Phi) is 4.27. The molecule has 0 aliphatic heterocycles. The maximum absolute atomic E-state index is 10.4. The summed E-state index contributed by atoms with van der Waals surface area (Å²) >= 11 is 0. The lowest BCUT2D eigenvalue weighted by atomic mass is 10.3. The summed E-state index contributed by atoms with van der Waals surface area (Å²) in [5.41, 5.74) is 1.95. The Morgan fingerprint density at radius 1 is 1.19 bits per heavy atom. The molecule has 0 saturated heterocycles. The second kappa shape index (κ2) is 5.70. The molecule has 0 unspecified atom stereocenters. The maximum Gasteiger partial charge on any atom is 0.247 e. The molecule has 0 aromatic carbocycles. The number of nitrogens with zero attached hydrogens (tertiary/aromatic N) is 1. The first-order valence-electron chi connectivity index (χ1n) is 4.85. The largest absolute Gasteiger partial charge is 0.506 e. The number of aryl methyl sites for hydroxylation is 2. The first-order valence-corrected chi connectivity index (χ1v) is 4.85. The van der Waals surface area contributed by atoms with Crippen molar-refractivity contribution < 1.29 is 5.11 Å². The molecule has 2 heterocycles. The minimum Gasteiger partial charge on any atom is -0.506 e. The van der Waals surface area contributed by atoms with Crippen molar-refractivity contribution in [3.63, 3.8) is 0 Å². The molecular weight excluding hydrogens is 204 g/mol. The highest BCUT2D eigenvalue weighted by Crippen LogP contribution is 2.03. The van der Waals surface area contributed by atoms with Crippen LogP contribution in [-0.4, -0.2) is 15.1 Å². The van der Waals surface area contributed by atoms with Crippen molar-refractivity contribution in [1.29, 1.82) is 0 Å². The number of aromatic nitrogens is 2. The quantitative estimate of drug-likeness (QED) is 0.708. The lowest BCUT2D eigenvalue weighted by molar-refractivity contribution is 0.472. The summed E-state index contributed by atoms with van der Waals surface area (Å²) in [6, 6.07) is 6.66. The van der Waals surface area contributed by atoms with E-state index in [1.165, 1.54) is 12.3 Å². The topological polar surface area (TPSA) is 66.0 Å². The predicted octanol–water partition coefficient (Wildman–Crippen LogP) is 1.78. The zero-order valence-electron chi connectivity index (χ0n) is 9.27. The van der Waals surface area contributed by atoms with Crippen molar-refractivity contribution in [2.75, 3.05) is 0 Å². The average Bonchev–Trinajstić information content (AvgIpc) is 2.28. The summed E-state index contributed by atoms with van der Waals surface area (Å²) in [6.07, 6.45) is 3.11. The van der Waals surface area contributed by atoms with E-state index in [1.54, 1.807) is 24.4 Å². The van der Waals surface area contributed by atoms with E-state index in [0.29, 0.717) is 0 Å². The molecule has 0 aliphatic rings. The fourth-order valence-electron chi connectivity index (χ4n) is 0.948. The highest BCUT2D eigenvalue weighted by Gasteiger charge is 1.83. The van der Waals surface area contributed by atoms with Crippen LogP contribution in [0.1, 0.15) is 11.3 Å². The Bertz CT molecular complexity index is 448. The van der Waals surface area contributed by atoms with E-state index in [2.05, 4.69) is 9.97 Å². The van der Waals surface area contributed by atoms with Crippen molar-refractivity contribution in [2.24, 2.45) is 0 Å². The zero-order chi connectivity index (χ0) is 12.0. The van der Waals surface area contributed by atoms with E-state index in [9.17, 15) is 4.79 Å². The van der Waals surface area contributed by atoms with Crippen LogP contribution in [0.3, 0.4) is 0 Å². The second-order valence-corrected chi connectivity index (χ2v) is 3.39. The van der Waals surface area contributed by atoms with E-state index in [4.69, 9.17) is 5.11 Å². The number of H-pyrrole nitrogens is 1. The molecule has 0 saturated carbocycles. The molecular formula is C12H14N2O2. The van der Waals surface area contributed by atoms with Crippen LogP contribution in [0.5, 0.6) is 5.75 Å². The Balaban J connectivity index is 0.000000160. The third kappa shape index (κ3) is 4.41. The smallest absolute Gasteiger partial charge is 0.247 e. The maximum atomic E-state index is 10.4. The van der Waals surface area contributed by atoms with Crippen LogP contribution in [0.2, 0.25) is 0 Å². The van der Waals surface area contributed by atoms with Gasteiger partial charge < -0.3 is 10.1 Å². The molecule has 2 rings (SSSR count). The van der Waals surface area contributed by atoms with Crippen molar-refractivity contribution in [3.8, 4) is 5.75 Å². The molecule has 0 bridgehead atoms. The number of rotatable bonds is 0. The Hall–Kier alpha value is -2.10. The van der Waals surface area contributed by atoms with Crippen LogP contribution in [0.25, 0.3) is 0 Å². The number of nitrogens with one attached hydrogen (secondary N) is 1. The summed E-state index contributed by atoms with van der Waals surface area (Å²) < 4.78 is 0. The molecule has 0 radical (unpaired) electrons. The van der Waals surface area contributed by atoms with E-state index < -0.39 is 0 Å². The first-order chi connectivity index (χ1) is 7.58. The van der Waals surface area contributed by atoms with Crippen LogP contribution >= 0.6 is 0 Å². The number of aromatic amines is 1. The molecule has 0 spiro atoms. The first kappa shape index (κ1) is 12.0. The summed E-state index contributed by atoms with van der Waals surface area (Å²) in [6.45, 7) is 3.80. The van der Waals surface area contributed by atoms with Crippen LogP contribution in [0, 0.1) is 13.8 Å². The normalized spacial score (nSPS) is 9.12. The zero-order valence-corrected chi connectivity index (χ0v) is 9.27. The lowest BCUT2D eigenvalue weighted by Gasteiger charge is -1.88. The van der Waals surface area contributed by atoms with Gasteiger partial charge in [-0.15, -0.1) is 0 Å². The summed E-state index contributed by atoms with van der Waals surface area (Å²) in [5.74, 6) is 0.218. The SMILES string of the molecule is Cc1ccc(=O)[nH]c1.Cc1ccc(O)cn1. The van der Waals surface area contributed by atoms with Gasteiger partial charge >= 0.3 is 0 Å². The van der Waals surface area contributed by atoms with Crippen LogP contribution in [-0.2, 0) is 0 Å². The molecule has 0 aliphatic carbocycles. The molecule has 16 heavy (non-hydrogen) atoms.